The molecule has 0 aromatic heterocycles. The Hall–Kier alpha value is -0.390. The molecule has 0 aliphatic heterocycles. The van der Waals surface area contributed by atoms with Crippen molar-refractivity contribution in [1.82, 2.24) is 0 Å². The van der Waals surface area contributed by atoms with E-state index >= 15 is 0 Å². The van der Waals surface area contributed by atoms with Crippen LogP contribution in [0, 0.1) is 52.3 Å². The van der Waals surface area contributed by atoms with Crippen LogP contribution in [0.3, 0.4) is 0 Å². The molecular weight excluding hydrogens is 612 g/mol. The van der Waals surface area contributed by atoms with Crippen LogP contribution in [-0.4, -0.2) is 57.2 Å². The second-order valence-corrected chi connectivity index (χ2v) is 17.5. The number of fused-ring (bicyclic) bond motifs is 5. The van der Waals surface area contributed by atoms with Gasteiger partial charge in [0.25, 0.3) is 0 Å². The minimum Gasteiger partial charge on any atom is -0.264 e. The van der Waals surface area contributed by atoms with E-state index < -0.39 is 60.8 Å². The standard InChI is InChI=1S/C27H48O12S3/c1-16(2)7-6-8-17(3)19-9-10-20-18-13-23(37-40(28,29)30)22-14-24(38-41(31,32)33)25(39-42(34,35)36)15-27(22,5)21(18)11-12-26(19,20)4/h16-25H,6-15H2,1-5H3,(H,28,29,30)(H,31,32,33)(H,34,35,36)/t17-,18+,19-,20+,21+,22-,23+,24+,25+,26-,27-/m1/s1. The van der Waals surface area contributed by atoms with Crippen molar-refractivity contribution in [3.05, 3.63) is 0 Å². The predicted octanol–water partition coefficient (Wildman–Crippen LogP) is 4.89. The van der Waals surface area contributed by atoms with Crippen LogP contribution in [0.4, 0.5) is 0 Å². The van der Waals surface area contributed by atoms with Crippen molar-refractivity contribution in [3.8, 4) is 0 Å². The average Bonchev–Trinajstić information content (AvgIpc) is 3.14. The van der Waals surface area contributed by atoms with E-state index in [1.165, 1.54) is 12.8 Å². The average molecular weight is 661 g/mol. The van der Waals surface area contributed by atoms with E-state index in [-0.39, 0.29) is 36.0 Å². The van der Waals surface area contributed by atoms with Gasteiger partial charge < -0.3 is 0 Å². The molecule has 0 aromatic rings. The quantitative estimate of drug-likeness (QED) is 0.255. The van der Waals surface area contributed by atoms with Crippen molar-refractivity contribution >= 4 is 31.2 Å². The Morgan fingerprint density at radius 2 is 1.24 bits per heavy atom. The smallest absolute Gasteiger partial charge is 0.264 e. The van der Waals surface area contributed by atoms with Crippen LogP contribution in [0.5, 0.6) is 0 Å². The molecule has 4 saturated carbocycles. The maximum Gasteiger partial charge on any atom is 0.397 e. The third-order valence-electron chi connectivity index (χ3n) is 11.6. The summed E-state index contributed by atoms with van der Waals surface area (Å²) >= 11 is 0. The molecule has 4 aliphatic rings. The molecule has 11 atom stereocenters. The fraction of sp³-hybridized carbons (Fsp3) is 1.00. The molecule has 42 heavy (non-hydrogen) atoms. The first kappa shape index (κ1) is 34.5. The van der Waals surface area contributed by atoms with Gasteiger partial charge in [-0.2, -0.15) is 25.3 Å². The van der Waals surface area contributed by atoms with Crippen molar-refractivity contribution < 1.29 is 51.5 Å². The van der Waals surface area contributed by atoms with Crippen molar-refractivity contribution in [3.63, 3.8) is 0 Å². The summed E-state index contributed by atoms with van der Waals surface area (Å²) in [7, 11) is -15.0. The van der Waals surface area contributed by atoms with Gasteiger partial charge in [-0.3, -0.25) is 13.7 Å². The highest BCUT2D eigenvalue weighted by atomic mass is 32.3. The Morgan fingerprint density at radius 3 is 1.81 bits per heavy atom. The first-order chi connectivity index (χ1) is 19.1. The Morgan fingerprint density at radius 1 is 0.690 bits per heavy atom. The van der Waals surface area contributed by atoms with E-state index in [1.54, 1.807) is 0 Å². The predicted molar refractivity (Wildman–Crippen MR) is 153 cm³/mol. The van der Waals surface area contributed by atoms with Gasteiger partial charge in [0.15, 0.2) is 0 Å². The highest BCUT2D eigenvalue weighted by Crippen LogP contribution is 2.69. The molecule has 0 radical (unpaired) electrons. The zero-order valence-corrected chi connectivity index (χ0v) is 27.5. The maximum absolute atomic E-state index is 12.0. The highest BCUT2D eigenvalue weighted by Gasteiger charge is 2.65. The molecule has 0 heterocycles. The molecule has 15 heteroatoms. The van der Waals surface area contributed by atoms with E-state index in [0.29, 0.717) is 24.2 Å². The summed E-state index contributed by atoms with van der Waals surface area (Å²) in [6.45, 7) is 11.0. The van der Waals surface area contributed by atoms with Crippen LogP contribution in [-0.2, 0) is 43.7 Å². The molecule has 0 spiro atoms. The van der Waals surface area contributed by atoms with Gasteiger partial charge in [-0.15, -0.1) is 0 Å². The summed E-state index contributed by atoms with van der Waals surface area (Å²) < 4.78 is 114. The van der Waals surface area contributed by atoms with Crippen LogP contribution < -0.4 is 0 Å². The van der Waals surface area contributed by atoms with Gasteiger partial charge >= 0.3 is 31.2 Å². The molecule has 4 rings (SSSR count). The zero-order valence-electron chi connectivity index (χ0n) is 25.1. The number of hydrogen-bond donors (Lipinski definition) is 3. The fourth-order valence-corrected chi connectivity index (χ4v) is 11.6. The lowest BCUT2D eigenvalue weighted by Crippen LogP contribution is -2.62. The summed E-state index contributed by atoms with van der Waals surface area (Å²) in [5.41, 5.74) is -0.783. The first-order valence-electron chi connectivity index (χ1n) is 15.1. The minimum absolute atomic E-state index is 0.00370. The van der Waals surface area contributed by atoms with Crippen LogP contribution in [0.2, 0.25) is 0 Å². The van der Waals surface area contributed by atoms with Gasteiger partial charge in [-0.25, -0.2) is 12.5 Å². The van der Waals surface area contributed by atoms with Crippen molar-refractivity contribution in [2.45, 2.75) is 117 Å². The largest absolute Gasteiger partial charge is 0.397 e. The summed E-state index contributed by atoms with van der Waals surface area (Å²) in [6.07, 6.45) is 3.24. The molecule has 0 saturated heterocycles. The highest BCUT2D eigenvalue weighted by molar-refractivity contribution is 7.81. The SMILES string of the molecule is CC(C)CCC[C@@H](C)[C@H]1CC[C@H]2[C@@H]3C[C@H](OS(=O)(=O)O)[C@H]4C[C@H](OS(=O)(=O)O)[C@@H](OS(=O)(=O)O)C[C@]4(C)[C@H]3CC[C@]12C. The summed E-state index contributed by atoms with van der Waals surface area (Å²) in [6, 6.07) is 0. The molecule has 3 N–H and O–H groups in total. The molecule has 4 fully saturated rings. The van der Waals surface area contributed by atoms with Crippen LogP contribution in [0.1, 0.15) is 98.8 Å². The third-order valence-corrected chi connectivity index (χ3v) is 13.0. The van der Waals surface area contributed by atoms with Crippen molar-refractivity contribution in [2.24, 2.45) is 52.3 Å². The second-order valence-electron chi connectivity index (χ2n) is 14.4. The monoisotopic (exact) mass is 660 g/mol. The van der Waals surface area contributed by atoms with Gasteiger partial charge in [0.1, 0.15) is 12.2 Å². The lowest BCUT2D eigenvalue weighted by atomic mass is 9.43. The molecule has 4 aliphatic carbocycles. The fourth-order valence-electron chi connectivity index (χ4n) is 10.1. The Bertz CT molecular complexity index is 1300. The van der Waals surface area contributed by atoms with Gasteiger partial charge in [-0.05, 0) is 97.2 Å². The van der Waals surface area contributed by atoms with Crippen LogP contribution >= 0.6 is 0 Å². The molecule has 0 amide bonds. The summed E-state index contributed by atoms with van der Waals surface area (Å²) in [4.78, 5) is 0. The number of rotatable bonds is 11. The molecule has 0 aromatic carbocycles. The van der Waals surface area contributed by atoms with E-state index in [9.17, 15) is 38.9 Å². The summed E-state index contributed by atoms with van der Waals surface area (Å²) in [5, 5.41) is 0. The van der Waals surface area contributed by atoms with E-state index in [2.05, 4.69) is 27.7 Å². The topological polar surface area (TPSA) is 191 Å². The normalized spacial score (nSPS) is 41.6. The lowest BCUT2D eigenvalue weighted by Gasteiger charge is -2.63. The van der Waals surface area contributed by atoms with E-state index in [1.807, 2.05) is 6.92 Å². The second kappa shape index (κ2) is 12.1. The first-order valence-corrected chi connectivity index (χ1v) is 19.2. The molecule has 0 unspecified atom stereocenters. The number of hydrogen-bond acceptors (Lipinski definition) is 9. The Labute approximate surface area is 251 Å². The van der Waals surface area contributed by atoms with Gasteiger partial charge in [0, 0.05) is 0 Å². The van der Waals surface area contributed by atoms with Gasteiger partial charge in [0.05, 0.1) is 6.10 Å². The molecular formula is C27H48O12S3. The minimum atomic E-state index is -5.06. The van der Waals surface area contributed by atoms with Crippen molar-refractivity contribution in [1.29, 1.82) is 0 Å². The maximum atomic E-state index is 12.0. The van der Waals surface area contributed by atoms with Crippen LogP contribution in [0.15, 0.2) is 0 Å². The van der Waals surface area contributed by atoms with Crippen molar-refractivity contribution in [2.75, 3.05) is 0 Å². The Kier molecular flexibility index (Phi) is 9.92. The third kappa shape index (κ3) is 7.52. The van der Waals surface area contributed by atoms with E-state index in [0.717, 1.165) is 32.1 Å². The zero-order chi connectivity index (χ0) is 31.5. The lowest BCUT2D eigenvalue weighted by molar-refractivity contribution is -0.184. The summed E-state index contributed by atoms with van der Waals surface area (Å²) in [5.74, 6) is 1.29. The molecule has 246 valence electrons. The van der Waals surface area contributed by atoms with Gasteiger partial charge in [-0.1, -0.05) is 53.9 Å². The Balaban J connectivity index is 1.67. The molecule has 0 bridgehead atoms. The molecule has 12 nitrogen and oxygen atoms in total. The van der Waals surface area contributed by atoms with E-state index in [4.69, 9.17) is 12.5 Å². The van der Waals surface area contributed by atoms with Crippen LogP contribution in [0.25, 0.3) is 0 Å². The van der Waals surface area contributed by atoms with Gasteiger partial charge in [0.2, 0.25) is 0 Å².